The predicted octanol–water partition coefficient (Wildman–Crippen LogP) is 0.529. The Morgan fingerprint density at radius 2 is 1.93 bits per heavy atom. The fourth-order valence-corrected chi connectivity index (χ4v) is 2.09. The summed E-state index contributed by atoms with van der Waals surface area (Å²) in [5, 5.41) is 8.51. The minimum atomic E-state index is 0.0782. The summed E-state index contributed by atoms with van der Waals surface area (Å²) >= 11 is 0. The van der Waals surface area contributed by atoms with Gasteiger partial charge in [0, 0.05) is 0 Å². The summed E-state index contributed by atoms with van der Waals surface area (Å²) in [6.45, 7) is 2.38. The summed E-state index contributed by atoms with van der Waals surface area (Å²) in [4.78, 5) is 0. The van der Waals surface area contributed by atoms with Gasteiger partial charge in [-0.25, -0.2) is 0 Å². The third-order valence-electron chi connectivity index (χ3n) is 2.94. The molecular weight excluding hydrogens is 194 g/mol. The largest absolute Gasteiger partial charge is 0.394 e. The maximum Gasteiger partial charge on any atom is 0.0704 e. The molecule has 1 rings (SSSR count). The molecule has 0 amide bonds. The van der Waals surface area contributed by atoms with Crippen molar-refractivity contribution in [2.45, 2.75) is 31.8 Å². The van der Waals surface area contributed by atoms with Crippen LogP contribution in [0.1, 0.15) is 25.7 Å². The molecule has 0 aromatic heterocycles. The van der Waals surface area contributed by atoms with Crippen molar-refractivity contribution in [1.29, 1.82) is 0 Å². The molecule has 0 radical (unpaired) electrons. The summed E-state index contributed by atoms with van der Waals surface area (Å²) in [6, 6.07) is 0. The summed E-state index contributed by atoms with van der Waals surface area (Å²) in [6.07, 6.45) is 5.17. The smallest absolute Gasteiger partial charge is 0.0704 e. The minimum Gasteiger partial charge on any atom is -0.394 e. The van der Waals surface area contributed by atoms with Crippen LogP contribution in [0.4, 0.5) is 0 Å². The molecule has 0 aliphatic heterocycles. The number of aliphatic hydroxyl groups excluding tert-OH is 1. The quantitative estimate of drug-likeness (QED) is 0.611. The van der Waals surface area contributed by atoms with Gasteiger partial charge in [-0.15, -0.1) is 0 Å². The Balaban J connectivity index is 2.07. The first-order valence-corrected chi connectivity index (χ1v) is 5.88. The van der Waals surface area contributed by atoms with Gasteiger partial charge < -0.3 is 20.3 Å². The van der Waals surface area contributed by atoms with E-state index in [-0.39, 0.29) is 6.61 Å². The van der Waals surface area contributed by atoms with Crippen LogP contribution in [-0.4, -0.2) is 44.2 Å². The third-order valence-corrected chi connectivity index (χ3v) is 2.94. The van der Waals surface area contributed by atoms with E-state index in [1.165, 1.54) is 19.3 Å². The van der Waals surface area contributed by atoms with Gasteiger partial charge in [0.1, 0.15) is 0 Å². The normalized spacial score (nSPS) is 26.8. The summed E-state index contributed by atoms with van der Waals surface area (Å²) in [5.41, 5.74) is 5.70. The van der Waals surface area contributed by atoms with Gasteiger partial charge in [0.15, 0.2) is 0 Å². The average molecular weight is 217 g/mol. The van der Waals surface area contributed by atoms with Crippen LogP contribution in [0.15, 0.2) is 0 Å². The van der Waals surface area contributed by atoms with Gasteiger partial charge in [-0.1, -0.05) is 12.8 Å². The van der Waals surface area contributed by atoms with Crippen LogP contribution >= 0.6 is 0 Å². The fourth-order valence-electron chi connectivity index (χ4n) is 2.09. The molecule has 0 aromatic carbocycles. The van der Waals surface area contributed by atoms with Crippen LogP contribution in [0.5, 0.6) is 0 Å². The molecule has 1 fully saturated rings. The van der Waals surface area contributed by atoms with E-state index in [4.69, 9.17) is 20.3 Å². The highest BCUT2D eigenvalue weighted by molar-refractivity contribution is 4.76. The molecule has 4 heteroatoms. The van der Waals surface area contributed by atoms with Crippen molar-refractivity contribution in [3.63, 3.8) is 0 Å². The molecule has 0 saturated heterocycles. The Hall–Kier alpha value is -0.160. The predicted molar refractivity (Wildman–Crippen MR) is 58.7 cm³/mol. The van der Waals surface area contributed by atoms with Crippen molar-refractivity contribution >= 4 is 0 Å². The molecule has 15 heavy (non-hydrogen) atoms. The van der Waals surface area contributed by atoms with Crippen LogP contribution in [0, 0.1) is 5.92 Å². The van der Waals surface area contributed by atoms with E-state index >= 15 is 0 Å². The second-order valence-electron chi connectivity index (χ2n) is 4.03. The van der Waals surface area contributed by atoms with Gasteiger partial charge in [0.25, 0.3) is 0 Å². The molecule has 1 aliphatic rings. The topological polar surface area (TPSA) is 64.7 Å². The Kier molecular flexibility index (Phi) is 6.92. The van der Waals surface area contributed by atoms with Gasteiger partial charge in [-0.3, -0.25) is 0 Å². The standard InChI is InChI=1S/C11H23NO3/c12-9-10-3-1-2-4-11(10)15-8-7-14-6-5-13/h10-11,13H,1-9,12H2. The molecular formula is C11H23NO3. The SMILES string of the molecule is NCC1CCCCC1OCCOCCO. The zero-order chi connectivity index (χ0) is 10.9. The molecule has 0 bridgehead atoms. The van der Waals surface area contributed by atoms with Gasteiger partial charge >= 0.3 is 0 Å². The summed E-state index contributed by atoms with van der Waals surface area (Å²) in [5.74, 6) is 0.525. The summed E-state index contributed by atoms with van der Waals surface area (Å²) < 4.78 is 10.9. The van der Waals surface area contributed by atoms with Crippen molar-refractivity contribution in [1.82, 2.24) is 0 Å². The number of ether oxygens (including phenoxy) is 2. The highest BCUT2D eigenvalue weighted by Gasteiger charge is 2.24. The summed E-state index contributed by atoms with van der Waals surface area (Å²) in [7, 11) is 0. The molecule has 2 unspecified atom stereocenters. The van der Waals surface area contributed by atoms with Gasteiger partial charge in [0.2, 0.25) is 0 Å². The Bertz CT molecular complexity index is 155. The van der Waals surface area contributed by atoms with E-state index < -0.39 is 0 Å². The maximum atomic E-state index is 8.51. The van der Waals surface area contributed by atoms with Crippen LogP contribution in [-0.2, 0) is 9.47 Å². The van der Waals surface area contributed by atoms with Gasteiger partial charge in [-0.05, 0) is 25.3 Å². The molecule has 90 valence electrons. The number of hydrogen-bond donors (Lipinski definition) is 2. The van der Waals surface area contributed by atoms with Crippen LogP contribution in [0.25, 0.3) is 0 Å². The van der Waals surface area contributed by atoms with Gasteiger partial charge in [-0.2, -0.15) is 0 Å². The van der Waals surface area contributed by atoms with Gasteiger partial charge in [0.05, 0.1) is 32.5 Å². The molecule has 0 spiro atoms. The van der Waals surface area contributed by atoms with E-state index in [2.05, 4.69) is 0 Å². The zero-order valence-electron chi connectivity index (χ0n) is 9.36. The van der Waals surface area contributed by atoms with E-state index in [9.17, 15) is 0 Å². The van der Waals surface area contributed by atoms with Crippen LogP contribution < -0.4 is 5.73 Å². The molecule has 4 nitrogen and oxygen atoms in total. The van der Waals surface area contributed by atoms with Crippen molar-refractivity contribution in [3.8, 4) is 0 Å². The molecule has 0 heterocycles. The lowest BCUT2D eigenvalue weighted by Crippen LogP contribution is -2.34. The lowest BCUT2D eigenvalue weighted by Gasteiger charge is -2.30. The number of hydrogen-bond acceptors (Lipinski definition) is 4. The molecule has 3 N–H and O–H groups in total. The lowest BCUT2D eigenvalue weighted by atomic mass is 9.86. The van der Waals surface area contributed by atoms with E-state index in [1.54, 1.807) is 0 Å². The fraction of sp³-hybridized carbons (Fsp3) is 1.00. The second kappa shape index (κ2) is 8.05. The minimum absolute atomic E-state index is 0.0782. The Morgan fingerprint density at radius 3 is 2.67 bits per heavy atom. The van der Waals surface area contributed by atoms with Crippen molar-refractivity contribution in [2.75, 3.05) is 33.0 Å². The first kappa shape index (κ1) is 12.9. The zero-order valence-corrected chi connectivity index (χ0v) is 9.36. The lowest BCUT2D eigenvalue weighted by molar-refractivity contribution is -0.0386. The van der Waals surface area contributed by atoms with Crippen molar-refractivity contribution < 1.29 is 14.6 Å². The number of rotatable bonds is 7. The number of aliphatic hydroxyl groups is 1. The maximum absolute atomic E-state index is 8.51. The van der Waals surface area contributed by atoms with Crippen LogP contribution in [0.3, 0.4) is 0 Å². The van der Waals surface area contributed by atoms with Crippen LogP contribution in [0.2, 0.25) is 0 Å². The second-order valence-corrected chi connectivity index (χ2v) is 4.03. The number of nitrogens with two attached hydrogens (primary N) is 1. The molecule has 1 aliphatic carbocycles. The van der Waals surface area contributed by atoms with E-state index in [0.717, 1.165) is 13.0 Å². The first-order chi connectivity index (χ1) is 7.38. The van der Waals surface area contributed by atoms with Crippen molar-refractivity contribution in [2.24, 2.45) is 11.7 Å². The highest BCUT2D eigenvalue weighted by atomic mass is 16.5. The first-order valence-electron chi connectivity index (χ1n) is 5.88. The monoisotopic (exact) mass is 217 g/mol. The average Bonchev–Trinajstić information content (AvgIpc) is 2.29. The third kappa shape index (κ3) is 4.93. The van der Waals surface area contributed by atoms with Crippen molar-refractivity contribution in [3.05, 3.63) is 0 Å². The molecule has 2 atom stereocenters. The Labute approximate surface area is 91.7 Å². The Morgan fingerprint density at radius 1 is 1.13 bits per heavy atom. The molecule has 0 aromatic rings. The molecule has 1 saturated carbocycles. The van der Waals surface area contributed by atoms with E-state index in [0.29, 0.717) is 31.8 Å². The van der Waals surface area contributed by atoms with E-state index in [1.807, 2.05) is 0 Å². The highest BCUT2D eigenvalue weighted by Crippen LogP contribution is 2.25.